The minimum absolute atomic E-state index is 0.139. The lowest BCUT2D eigenvalue weighted by Crippen LogP contribution is -2.09. The van der Waals surface area contributed by atoms with E-state index >= 15 is 0 Å². The van der Waals surface area contributed by atoms with Crippen LogP contribution in [0.3, 0.4) is 0 Å². The maximum Gasteiger partial charge on any atom is 0.137 e. The van der Waals surface area contributed by atoms with Gasteiger partial charge in [-0.1, -0.05) is 6.42 Å². The van der Waals surface area contributed by atoms with Crippen molar-refractivity contribution in [3.8, 4) is 0 Å². The zero-order chi connectivity index (χ0) is 7.40. The van der Waals surface area contributed by atoms with Crippen LogP contribution in [0.2, 0.25) is 0 Å². The summed E-state index contributed by atoms with van der Waals surface area (Å²) in [6.07, 6.45) is 4.15. The van der Waals surface area contributed by atoms with Crippen LogP contribution >= 0.6 is 10.9 Å². The minimum atomic E-state index is 0.139. The van der Waals surface area contributed by atoms with E-state index in [1.807, 2.05) is 0 Å². The van der Waals surface area contributed by atoms with Crippen molar-refractivity contribution in [2.45, 2.75) is 26.2 Å². The van der Waals surface area contributed by atoms with E-state index in [1.54, 1.807) is 6.92 Å². The molecule has 0 aromatic rings. The molecule has 60 valence electrons. The fraction of sp³-hybridized carbons (Fsp3) is 0.875. The molecule has 1 saturated heterocycles. The molecule has 0 amide bonds. The van der Waals surface area contributed by atoms with Crippen molar-refractivity contribution in [3.63, 3.8) is 0 Å². The molecule has 0 radical (unpaired) electrons. The molecule has 0 bridgehead atoms. The standard InChI is InChI=1S/C8H16OS/c1-8(9)7-10-5-3-2-4-6-10/h10H,2-7H2,1H3. The molecule has 0 aromatic heterocycles. The topological polar surface area (TPSA) is 17.1 Å². The van der Waals surface area contributed by atoms with Gasteiger partial charge >= 0.3 is 0 Å². The number of carbonyl (C=O) groups excluding carboxylic acids is 1. The number of carbonyl (C=O) groups is 1. The summed E-state index contributed by atoms with van der Waals surface area (Å²) in [6.45, 7) is 1.72. The second-order valence-electron chi connectivity index (χ2n) is 3.04. The Kier molecular flexibility index (Phi) is 3.26. The van der Waals surface area contributed by atoms with Gasteiger partial charge in [0, 0.05) is 5.75 Å². The van der Waals surface area contributed by atoms with E-state index in [0.29, 0.717) is 5.78 Å². The average Bonchev–Trinajstić information content (AvgIpc) is 1.88. The lowest BCUT2D eigenvalue weighted by Gasteiger charge is -2.24. The molecule has 0 aliphatic carbocycles. The second-order valence-corrected chi connectivity index (χ2v) is 5.59. The van der Waals surface area contributed by atoms with E-state index in [-0.39, 0.29) is 10.9 Å². The first-order valence-electron chi connectivity index (χ1n) is 4.01. The summed E-state index contributed by atoms with van der Waals surface area (Å²) in [5.41, 5.74) is 0. The third-order valence-electron chi connectivity index (χ3n) is 1.89. The fourth-order valence-electron chi connectivity index (χ4n) is 1.43. The van der Waals surface area contributed by atoms with Crippen LogP contribution in [0.25, 0.3) is 0 Å². The Morgan fingerprint density at radius 1 is 1.30 bits per heavy atom. The van der Waals surface area contributed by atoms with Crippen LogP contribution in [0.5, 0.6) is 0 Å². The number of hydrogen-bond acceptors (Lipinski definition) is 1. The quantitative estimate of drug-likeness (QED) is 0.609. The summed E-state index contributed by atoms with van der Waals surface area (Å²) in [7, 11) is 0.139. The minimum Gasteiger partial charge on any atom is -0.299 e. The number of Topliss-reactive ketones (excluding diaryl/α,β-unsaturated/α-hetero) is 1. The molecule has 1 heterocycles. The predicted molar refractivity (Wildman–Crippen MR) is 48.1 cm³/mol. The molecule has 0 unspecified atom stereocenters. The van der Waals surface area contributed by atoms with Crippen molar-refractivity contribution >= 4 is 16.7 Å². The zero-order valence-corrected chi connectivity index (χ0v) is 7.49. The van der Waals surface area contributed by atoms with Gasteiger partial charge in [0.05, 0.1) is 0 Å². The van der Waals surface area contributed by atoms with E-state index in [1.165, 1.54) is 30.8 Å². The predicted octanol–water partition coefficient (Wildman–Crippen LogP) is 1.76. The van der Waals surface area contributed by atoms with Crippen LogP contribution in [0, 0.1) is 0 Å². The Morgan fingerprint density at radius 2 is 1.90 bits per heavy atom. The highest BCUT2D eigenvalue weighted by Crippen LogP contribution is 2.32. The molecule has 0 N–H and O–H groups in total. The van der Waals surface area contributed by atoms with Gasteiger partial charge < -0.3 is 0 Å². The van der Waals surface area contributed by atoms with Crippen LogP contribution in [-0.4, -0.2) is 23.0 Å². The summed E-state index contributed by atoms with van der Waals surface area (Å²) in [6, 6.07) is 0. The van der Waals surface area contributed by atoms with Crippen molar-refractivity contribution in [1.29, 1.82) is 0 Å². The number of rotatable bonds is 2. The summed E-state index contributed by atoms with van der Waals surface area (Å²) >= 11 is 0. The Labute approximate surface area is 65.5 Å². The van der Waals surface area contributed by atoms with Crippen molar-refractivity contribution < 1.29 is 4.79 Å². The number of ketones is 1. The summed E-state index contributed by atoms with van der Waals surface area (Å²) in [5, 5.41) is 0. The van der Waals surface area contributed by atoms with Gasteiger partial charge in [-0.25, -0.2) is 10.9 Å². The van der Waals surface area contributed by atoms with E-state index in [4.69, 9.17) is 0 Å². The van der Waals surface area contributed by atoms with Crippen molar-refractivity contribution in [3.05, 3.63) is 0 Å². The first-order valence-corrected chi connectivity index (χ1v) is 5.90. The monoisotopic (exact) mass is 160 g/mol. The fourth-order valence-corrected chi connectivity index (χ4v) is 3.94. The maximum absolute atomic E-state index is 10.7. The molecule has 10 heavy (non-hydrogen) atoms. The molecular weight excluding hydrogens is 144 g/mol. The zero-order valence-electron chi connectivity index (χ0n) is 6.60. The molecule has 1 aliphatic heterocycles. The van der Waals surface area contributed by atoms with Crippen LogP contribution in [-0.2, 0) is 4.79 Å². The number of thiol groups is 1. The Bertz CT molecular complexity index is 116. The maximum atomic E-state index is 10.7. The normalized spacial score (nSPS) is 22.7. The average molecular weight is 160 g/mol. The van der Waals surface area contributed by atoms with Crippen LogP contribution < -0.4 is 0 Å². The molecule has 1 fully saturated rings. The van der Waals surface area contributed by atoms with E-state index in [2.05, 4.69) is 0 Å². The Morgan fingerprint density at radius 3 is 2.40 bits per heavy atom. The molecule has 2 heteroatoms. The van der Waals surface area contributed by atoms with E-state index in [0.717, 1.165) is 5.75 Å². The van der Waals surface area contributed by atoms with Gasteiger partial charge in [-0.15, -0.1) is 0 Å². The van der Waals surface area contributed by atoms with Crippen LogP contribution in [0.1, 0.15) is 26.2 Å². The molecule has 1 rings (SSSR count). The van der Waals surface area contributed by atoms with Gasteiger partial charge in [0.25, 0.3) is 0 Å². The largest absolute Gasteiger partial charge is 0.299 e. The summed E-state index contributed by atoms with van der Waals surface area (Å²) in [4.78, 5) is 10.7. The molecule has 0 saturated carbocycles. The van der Waals surface area contributed by atoms with Gasteiger partial charge in [0.2, 0.25) is 0 Å². The molecule has 1 aliphatic rings. The van der Waals surface area contributed by atoms with Crippen molar-refractivity contribution in [2.75, 3.05) is 17.3 Å². The Balaban J connectivity index is 2.19. The van der Waals surface area contributed by atoms with Crippen molar-refractivity contribution in [1.82, 2.24) is 0 Å². The molecular formula is C8H16OS. The highest BCUT2D eigenvalue weighted by Gasteiger charge is 2.10. The summed E-state index contributed by atoms with van der Waals surface area (Å²) < 4.78 is 0. The van der Waals surface area contributed by atoms with Gasteiger partial charge in [-0.3, -0.25) is 4.79 Å². The lowest BCUT2D eigenvalue weighted by molar-refractivity contribution is -0.114. The smallest absolute Gasteiger partial charge is 0.137 e. The third-order valence-corrected chi connectivity index (χ3v) is 4.68. The van der Waals surface area contributed by atoms with Gasteiger partial charge in [0.15, 0.2) is 0 Å². The summed E-state index contributed by atoms with van der Waals surface area (Å²) in [5.74, 6) is 4.01. The molecule has 0 spiro atoms. The SMILES string of the molecule is CC(=O)C[SH]1CCCCC1. The van der Waals surface area contributed by atoms with E-state index < -0.39 is 0 Å². The van der Waals surface area contributed by atoms with Gasteiger partial charge in [-0.05, 0) is 31.3 Å². The van der Waals surface area contributed by atoms with Crippen molar-refractivity contribution in [2.24, 2.45) is 0 Å². The first-order chi connectivity index (χ1) is 4.79. The molecule has 0 atom stereocenters. The second kappa shape index (κ2) is 4.02. The first kappa shape index (κ1) is 8.12. The van der Waals surface area contributed by atoms with Crippen LogP contribution in [0.4, 0.5) is 0 Å². The molecule has 1 nitrogen and oxygen atoms in total. The highest BCUT2D eigenvalue weighted by molar-refractivity contribution is 8.17. The lowest BCUT2D eigenvalue weighted by atomic mass is 10.3. The molecule has 0 aromatic carbocycles. The van der Waals surface area contributed by atoms with Gasteiger partial charge in [0.1, 0.15) is 5.78 Å². The number of hydrogen-bond donors (Lipinski definition) is 1. The van der Waals surface area contributed by atoms with E-state index in [9.17, 15) is 4.79 Å². The third kappa shape index (κ3) is 2.74. The highest BCUT2D eigenvalue weighted by atomic mass is 32.2. The van der Waals surface area contributed by atoms with Gasteiger partial charge in [-0.2, -0.15) is 0 Å². The van der Waals surface area contributed by atoms with Crippen LogP contribution in [0.15, 0.2) is 0 Å². The Hall–Kier alpha value is 0.0200.